The third-order valence-corrected chi connectivity index (χ3v) is 9.83. The normalized spacial score (nSPS) is 14.1. The van der Waals surface area contributed by atoms with Crippen molar-refractivity contribution in [1.29, 1.82) is 0 Å². The minimum atomic E-state index is -0.373. The smallest absolute Gasteiger partial charge is 0.198 e. The number of benzene rings is 6. The SMILES string of the molecule is C1=C(c2ccccc2)C=C2c3nc(-c4ccccc4)nc(-c4ccc(-c5nc(-c6ccccc6)nc(-c6ccc(-c7ccccc7)cc6)n5)cc4)c3OC2N1. The molecule has 2 aliphatic rings. The second-order valence-electron chi connectivity index (χ2n) is 13.4. The first-order chi connectivity index (χ1) is 27.2. The molecular formula is C48H32N6O. The zero-order valence-electron chi connectivity index (χ0n) is 29.5. The first kappa shape index (κ1) is 32.2. The number of ether oxygens (including phenoxy) is 1. The van der Waals surface area contributed by atoms with E-state index in [1.54, 1.807) is 0 Å². The lowest BCUT2D eigenvalue weighted by Gasteiger charge is -2.19. The standard InChI is InChI=1S/C48H32N6O/c1-5-13-31(14-6-1)33-21-25-37(26-22-33)46-52-45(36-19-11-4-12-20-36)53-47(54-46)38-27-23-34(24-28-38)41-43-42(51-44(50-41)35-17-9-3-10-18-35)40-29-39(30-49-48(40)55-43)32-15-7-2-8-16-32/h1-30,48-49H. The van der Waals surface area contributed by atoms with Crippen molar-refractivity contribution in [3.8, 4) is 73.7 Å². The zero-order valence-corrected chi connectivity index (χ0v) is 29.5. The molecule has 6 aromatic carbocycles. The fraction of sp³-hybridized carbons (Fsp3) is 0.0208. The van der Waals surface area contributed by atoms with Crippen LogP contribution in [0.3, 0.4) is 0 Å². The molecule has 10 rings (SSSR count). The number of rotatable bonds is 7. The summed E-state index contributed by atoms with van der Waals surface area (Å²) in [6.07, 6.45) is 3.79. The van der Waals surface area contributed by atoms with E-state index in [0.29, 0.717) is 34.7 Å². The monoisotopic (exact) mass is 708 g/mol. The van der Waals surface area contributed by atoms with Crippen molar-refractivity contribution in [3.63, 3.8) is 0 Å². The summed E-state index contributed by atoms with van der Waals surface area (Å²) < 4.78 is 6.57. The van der Waals surface area contributed by atoms with Crippen molar-refractivity contribution in [2.24, 2.45) is 0 Å². The Kier molecular flexibility index (Phi) is 8.07. The average molecular weight is 709 g/mol. The molecule has 1 unspecified atom stereocenters. The molecule has 0 radical (unpaired) electrons. The van der Waals surface area contributed by atoms with Crippen molar-refractivity contribution in [2.45, 2.75) is 6.23 Å². The molecule has 7 nitrogen and oxygen atoms in total. The van der Waals surface area contributed by atoms with E-state index in [-0.39, 0.29) is 6.23 Å². The van der Waals surface area contributed by atoms with Crippen LogP contribution in [-0.2, 0) is 0 Å². The highest BCUT2D eigenvalue weighted by Crippen LogP contribution is 2.45. The average Bonchev–Trinajstić information content (AvgIpc) is 3.65. The van der Waals surface area contributed by atoms with Gasteiger partial charge in [0.05, 0.1) is 0 Å². The van der Waals surface area contributed by atoms with Crippen LogP contribution in [0.1, 0.15) is 11.3 Å². The van der Waals surface area contributed by atoms with Gasteiger partial charge in [0.2, 0.25) is 0 Å². The Balaban J connectivity index is 1.05. The van der Waals surface area contributed by atoms with Crippen LogP contribution in [0.2, 0.25) is 0 Å². The van der Waals surface area contributed by atoms with E-state index in [1.165, 1.54) is 0 Å². The van der Waals surface area contributed by atoms with Gasteiger partial charge in [-0.25, -0.2) is 24.9 Å². The molecule has 1 atom stereocenters. The third-order valence-electron chi connectivity index (χ3n) is 9.83. The fourth-order valence-electron chi connectivity index (χ4n) is 6.99. The van der Waals surface area contributed by atoms with Gasteiger partial charge in [0.25, 0.3) is 0 Å². The van der Waals surface area contributed by atoms with E-state index in [2.05, 4.69) is 59.9 Å². The van der Waals surface area contributed by atoms with E-state index in [1.807, 2.05) is 128 Å². The van der Waals surface area contributed by atoms with Gasteiger partial charge in [0, 0.05) is 39.6 Å². The Bertz CT molecular complexity index is 2720. The van der Waals surface area contributed by atoms with E-state index in [9.17, 15) is 0 Å². The van der Waals surface area contributed by atoms with Crippen molar-refractivity contribution in [3.05, 3.63) is 193 Å². The maximum Gasteiger partial charge on any atom is 0.198 e. The molecule has 8 aromatic rings. The lowest BCUT2D eigenvalue weighted by Crippen LogP contribution is -2.30. The minimum Gasteiger partial charge on any atom is -0.462 e. The van der Waals surface area contributed by atoms with Crippen LogP contribution in [0.5, 0.6) is 5.75 Å². The van der Waals surface area contributed by atoms with Gasteiger partial charge >= 0.3 is 0 Å². The first-order valence-electron chi connectivity index (χ1n) is 18.2. The Morgan fingerprint density at radius 3 is 1.27 bits per heavy atom. The minimum absolute atomic E-state index is 0.373. The maximum atomic E-state index is 6.57. The van der Waals surface area contributed by atoms with Crippen LogP contribution in [0, 0.1) is 0 Å². The van der Waals surface area contributed by atoms with Gasteiger partial charge in [-0.2, -0.15) is 0 Å². The second-order valence-corrected chi connectivity index (χ2v) is 13.4. The molecule has 2 aromatic heterocycles. The molecule has 55 heavy (non-hydrogen) atoms. The second kappa shape index (κ2) is 13.8. The van der Waals surface area contributed by atoms with Gasteiger partial charge in [0.1, 0.15) is 11.4 Å². The summed E-state index contributed by atoms with van der Waals surface area (Å²) in [6.45, 7) is 0. The van der Waals surface area contributed by atoms with E-state index in [0.717, 1.165) is 61.3 Å². The molecule has 0 amide bonds. The summed E-state index contributed by atoms with van der Waals surface area (Å²) in [5.74, 6) is 3.07. The molecule has 1 N–H and O–H groups in total. The van der Waals surface area contributed by atoms with E-state index in [4.69, 9.17) is 29.7 Å². The van der Waals surface area contributed by atoms with Crippen molar-refractivity contribution < 1.29 is 4.74 Å². The molecule has 0 saturated carbocycles. The van der Waals surface area contributed by atoms with Gasteiger partial charge < -0.3 is 10.1 Å². The van der Waals surface area contributed by atoms with Gasteiger partial charge in [-0.3, -0.25) is 0 Å². The number of hydrogen-bond donors (Lipinski definition) is 1. The number of nitrogens with zero attached hydrogens (tertiary/aromatic N) is 5. The molecule has 0 aliphatic carbocycles. The zero-order chi connectivity index (χ0) is 36.6. The Hall–Kier alpha value is -7.51. The van der Waals surface area contributed by atoms with Crippen LogP contribution in [0.4, 0.5) is 0 Å². The summed E-state index contributed by atoms with van der Waals surface area (Å²) in [5, 5.41) is 3.45. The number of nitrogens with one attached hydrogen (secondary N) is 1. The molecule has 0 spiro atoms. The molecule has 0 saturated heterocycles. The predicted octanol–water partition coefficient (Wildman–Crippen LogP) is 10.4. The maximum absolute atomic E-state index is 6.57. The van der Waals surface area contributed by atoms with Crippen molar-refractivity contribution >= 4 is 11.1 Å². The predicted molar refractivity (Wildman–Crippen MR) is 218 cm³/mol. The summed E-state index contributed by atoms with van der Waals surface area (Å²) in [5.41, 5.74) is 11.4. The van der Waals surface area contributed by atoms with Gasteiger partial charge in [0.15, 0.2) is 35.3 Å². The summed E-state index contributed by atoms with van der Waals surface area (Å²) in [6, 6.07) is 57.2. The molecule has 0 bridgehead atoms. The number of aromatic nitrogens is 5. The molecule has 7 heteroatoms. The van der Waals surface area contributed by atoms with Gasteiger partial charge in [-0.1, -0.05) is 170 Å². The van der Waals surface area contributed by atoms with Gasteiger partial charge in [-0.15, -0.1) is 0 Å². The molecule has 2 aliphatic heterocycles. The Morgan fingerprint density at radius 1 is 0.364 bits per heavy atom. The molecule has 260 valence electrons. The van der Waals surface area contributed by atoms with E-state index < -0.39 is 0 Å². The topological polar surface area (TPSA) is 85.7 Å². The molecule has 0 fully saturated rings. The highest BCUT2D eigenvalue weighted by molar-refractivity contribution is 5.92. The largest absolute Gasteiger partial charge is 0.462 e. The first-order valence-corrected chi connectivity index (χ1v) is 18.2. The molecular weight excluding hydrogens is 677 g/mol. The fourth-order valence-corrected chi connectivity index (χ4v) is 6.99. The molecule has 4 heterocycles. The number of allylic oxidation sites excluding steroid dienone is 2. The quantitative estimate of drug-likeness (QED) is 0.176. The summed E-state index contributed by atoms with van der Waals surface area (Å²) in [4.78, 5) is 25.1. The van der Waals surface area contributed by atoms with Crippen molar-refractivity contribution in [2.75, 3.05) is 0 Å². The summed E-state index contributed by atoms with van der Waals surface area (Å²) in [7, 11) is 0. The van der Waals surface area contributed by atoms with Crippen molar-refractivity contribution in [1.82, 2.24) is 30.2 Å². The number of dihydropyridines is 1. The Morgan fingerprint density at radius 2 is 0.745 bits per heavy atom. The van der Waals surface area contributed by atoms with Crippen LogP contribution in [0.25, 0.3) is 79.1 Å². The Labute approximate surface area is 318 Å². The van der Waals surface area contributed by atoms with E-state index >= 15 is 0 Å². The van der Waals surface area contributed by atoms with Crippen LogP contribution in [0.15, 0.2) is 182 Å². The highest BCUT2D eigenvalue weighted by Gasteiger charge is 2.35. The number of fused-ring (bicyclic) bond motifs is 3. The van der Waals surface area contributed by atoms with Crippen LogP contribution < -0.4 is 10.1 Å². The third kappa shape index (κ3) is 6.23. The van der Waals surface area contributed by atoms with Gasteiger partial charge in [-0.05, 0) is 28.3 Å². The lowest BCUT2D eigenvalue weighted by molar-refractivity contribution is 0.254. The lowest BCUT2D eigenvalue weighted by atomic mass is 9.98. The van der Waals surface area contributed by atoms with Crippen LogP contribution in [-0.4, -0.2) is 31.1 Å². The summed E-state index contributed by atoms with van der Waals surface area (Å²) >= 11 is 0. The highest BCUT2D eigenvalue weighted by atomic mass is 16.5. The van der Waals surface area contributed by atoms with Crippen LogP contribution >= 0.6 is 0 Å². The number of hydrogen-bond acceptors (Lipinski definition) is 7.